The lowest BCUT2D eigenvalue weighted by Gasteiger charge is -2.19. The normalized spacial score (nSPS) is 11.4. The van der Waals surface area contributed by atoms with Crippen molar-refractivity contribution in [2.45, 2.75) is 26.4 Å². The number of ether oxygens (including phenoxy) is 1. The molecule has 0 bridgehead atoms. The first kappa shape index (κ1) is 24.3. The van der Waals surface area contributed by atoms with E-state index in [-0.39, 0.29) is 34.4 Å². The molecule has 0 saturated carbocycles. The molecule has 174 valence electrons. The van der Waals surface area contributed by atoms with Crippen LogP contribution in [-0.2, 0) is 13.2 Å². The molecule has 0 atom stereocenters. The Bertz CT molecular complexity index is 1370. The number of anilines is 1. The molecule has 8 nitrogen and oxygen atoms in total. The molecule has 11 heteroatoms. The number of aryl methyl sites for hydroxylation is 2. The molecular weight excluding hydrogens is 447 g/mol. The summed E-state index contributed by atoms with van der Waals surface area (Å²) in [7, 11) is 1.67. The minimum Gasteiger partial charge on any atom is -0.437 e. The molecule has 34 heavy (non-hydrogen) atoms. The number of alkyl halides is 3. The standard InChI is InChI=1S/C23H20F3N7O/c1-13(11-28)7-9-29-22-30-20-17(12-33(4)32-20)21(31-22)34-19-14(2)10-16(6-5-8-27)18(15(19)3)23(24,25)26/h5-6,10,12H,1,7,9H2,2-4H3,(H,29,30,32)/b6-5+. The number of fused-ring (bicyclic) bond motifs is 1. The number of hydrogen-bond acceptors (Lipinski definition) is 7. The molecule has 0 unspecified atom stereocenters. The highest BCUT2D eigenvalue weighted by Gasteiger charge is 2.36. The minimum absolute atomic E-state index is 0.00547. The van der Waals surface area contributed by atoms with Crippen LogP contribution >= 0.6 is 0 Å². The third-order valence-corrected chi connectivity index (χ3v) is 4.88. The van der Waals surface area contributed by atoms with Gasteiger partial charge >= 0.3 is 6.18 Å². The number of hydrogen-bond donors (Lipinski definition) is 1. The van der Waals surface area contributed by atoms with E-state index in [0.29, 0.717) is 29.5 Å². The number of benzene rings is 1. The molecule has 2 heterocycles. The van der Waals surface area contributed by atoms with Gasteiger partial charge in [-0.25, -0.2) is 0 Å². The van der Waals surface area contributed by atoms with Crippen molar-refractivity contribution in [3.05, 3.63) is 52.7 Å². The average molecular weight is 467 g/mol. The Hall–Kier alpha value is -4.38. The highest BCUT2D eigenvalue weighted by molar-refractivity contribution is 5.81. The Morgan fingerprint density at radius 3 is 2.68 bits per heavy atom. The molecule has 0 fully saturated rings. The van der Waals surface area contributed by atoms with Gasteiger partial charge in [0, 0.05) is 37.0 Å². The number of halogens is 3. The summed E-state index contributed by atoms with van der Waals surface area (Å²) < 4.78 is 49.1. The molecule has 0 spiro atoms. The zero-order valence-electron chi connectivity index (χ0n) is 18.7. The molecule has 0 radical (unpaired) electrons. The molecule has 0 amide bonds. The predicted molar refractivity (Wildman–Crippen MR) is 120 cm³/mol. The lowest BCUT2D eigenvalue weighted by Crippen LogP contribution is -2.12. The Balaban J connectivity index is 2.09. The second-order valence-corrected chi connectivity index (χ2v) is 7.46. The van der Waals surface area contributed by atoms with Gasteiger partial charge < -0.3 is 10.1 Å². The predicted octanol–water partition coefficient (Wildman–Crippen LogP) is 5.21. The Morgan fingerprint density at radius 2 is 2.03 bits per heavy atom. The topological polar surface area (TPSA) is 112 Å². The van der Waals surface area contributed by atoms with Crippen molar-refractivity contribution in [2.24, 2.45) is 7.05 Å². The molecule has 0 saturated heterocycles. The molecule has 1 aromatic carbocycles. The van der Waals surface area contributed by atoms with Crippen LogP contribution in [0, 0.1) is 36.5 Å². The van der Waals surface area contributed by atoms with Crippen molar-refractivity contribution >= 4 is 23.1 Å². The molecule has 3 rings (SSSR count). The third kappa shape index (κ3) is 5.15. The fourth-order valence-corrected chi connectivity index (χ4v) is 3.42. The van der Waals surface area contributed by atoms with Gasteiger partial charge in [0.2, 0.25) is 11.8 Å². The molecule has 0 aliphatic carbocycles. The van der Waals surface area contributed by atoms with Crippen LogP contribution in [0.2, 0.25) is 0 Å². The summed E-state index contributed by atoms with van der Waals surface area (Å²) in [6.07, 6.45) is -0.594. The number of nitriles is 2. The molecule has 2 aromatic heterocycles. The molecule has 0 aliphatic heterocycles. The summed E-state index contributed by atoms with van der Waals surface area (Å²) in [6, 6.07) is 4.97. The van der Waals surface area contributed by atoms with Gasteiger partial charge in [0.05, 0.1) is 17.7 Å². The zero-order chi connectivity index (χ0) is 25.0. The third-order valence-electron chi connectivity index (χ3n) is 4.88. The quantitative estimate of drug-likeness (QED) is 0.475. The van der Waals surface area contributed by atoms with Crippen LogP contribution in [0.1, 0.15) is 28.7 Å². The van der Waals surface area contributed by atoms with E-state index in [1.54, 1.807) is 26.2 Å². The first-order valence-electron chi connectivity index (χ1n) is 10.0. The summed E-state index contributed by atoms with van der Waals surface area (Å²) in [5.74, 6) is 0.167. The van der Waals surface area contributed by atoms with E-state index < -0.39 is 11.7 Å². The van der Waals surface area contributed by atoms with Crippen LogP contribution in [-0.4, -0.2) is 26.3 Å². The van der Waals surface area contributed by atoms with Crippen molar-refractivity contribution in [3.8, 4) is 23.8 Å². The maximum absolute atomic E-state index is 13.9. The van der Waals surface area contributed by atoms with Crippen LogP contribution in [0.15, 0.2) is 30.5 Å². The van der Waals surface area contributed by atoms with Crippen LogP contribution in [0.4, 0.5) is 19.1 Å². The maximum atomic E-state index is 13.9. The van der Waals surface area contributed by atoms with E-state index in [1.807, 2.05) is 6.07 Å². The van der Waals surface area contributed by atoms with Gasteiger partial charge in [0.25, 0.3) is 0 Å². The van der Waals surface area contributed by atoms with Crippen LogP contribution in [0.25, 0.3) is 17.1 Å². The number of nitrogens with zero attached hydrogens (tertiary/aromatic N) is 6. The van der Waals surface area contributed by atoms with Gasteiger partial charge in [-0.3, -0.25) is 4.68 Å². The number of aromatic nitrogens is 4. The second kappa shape index (κ2) is 9.63. The Kier molecular flexibility index (Phi) is 6.87. The van der Waals surface area contributed by atoms with E-state index in [4.69, 9.17) is 15.3 Å². The van der Waals surface area contributed by atoms with E-state index in [9.17, 15) is 13.2 Å². The van der Waals surface area contributed by atoms with Crippen molar-refractivity contribution in [3.63, 3.8) is 0 Å². The average Bonchev–Trinajstić information content (AvgIpc) is 3.13. The highest BCUT2D eigenvalue weighted by atomic mass is 19.4. The monoisotopic (exact) mass is 467 g/mol. The van der Waals surface area contributed by atoms with E-state index in [2.05, 4.69) is 27.0 Å². The molecule has 1 N–H and O–H groups in total. The van der Waals surface area contributed by atoms with Gasteiger partial charge in [-0.05, 0) is 43.5 Å². The summed E-state index contributed by atoms with van der Waals surface area (Å²) >= 11 is 0. The molecule has 3 aromatic rings. The number of allylic oxidation sites excluding steroid dienone is 1. The zero-order valence-corrected chi connectivity index (χ0v) is 18.7. The van der Waals surface area contributed by atoms with Crippen molar-refractivity contribution in [1.29, 1.82) is 10.5 Å². The van der Waals surface area contributed by atoms with E-state index in [0.717, 1.165) is 12.2 Å². The second-order valence-electron chi connectivity index (χ2n) is 7.46. The van der Waals surface area contributed by atoms with Gasteiger partial charge in [-0.1, -0.05) is 6.58 Å². The minimum atomic E-state index is -4.67. The fraction of sp³-hybridized carbons (Fsp3) is 0.261. The van der Waals surface area contributed by atoms with Crippen molar-refractivity contribution in [1.82, 2.24) is 19.7 Å². The Morgan fingerprint density at radius 1 is 1.29 bits per heavy atom. The van der Waals surface area contributed by atoms with Crippen molar-refractivity contribution < 1.29 is 17.9 Å². The molecule has 0 aliphatic rings. The SMILES string of the molecule is C=C(C#N)CCNc1nc(Oc2c(C)cc(/C=C/C#N)c(C(F)(F)F)c2C)c2cn(C)nc2n1. The van der Waals surface area contributed by atoms with Gasteiger partial charge in [0.1, 0.15) is 11.1 Å². The summed E-state index contributed by atoms with van der Waals surface area (Å²) in [5.41, 5.74) is -0.0809. The summed E-state index contributed by atoms with van der Waals surface area (Å²) in [4.78, 5) is 8.63. The van der Waals surface area contributed by atoms with Crippen LogP contribution < -0.4 is 10.1 Å². The van der Waals surface area contributed by atoms with E-state index in [1.165, 1.54) is 17.7 Å². The first-order valence-corrected chi connectivity index (χ1v) is 10.0. The first-order chi connectivity index (χ1) is 16.0. The lowest BCUT2D eigenvalue weighted by atomic mass is 9.96. The highest BCUT2D eigenvalue weighted by Crippen LogP contribution is 2.42. The summed E-state index contributed by atoms with van der Waals surface area (Å²) in [6.45, 7) is 6.85. The summed E-state index contributed by atoms with van der Waals surface area (Å²) in [5, 5.41) is 25.2. The fourth-order valence-electron chi connectivity index (χ4n) is 3.42. The van der Waals surface area contributed by atoms with Gasteiger partial charge in [-0.2, -0.15) is 38.8 Å². The number of nitrogens with one attached hydrogen (secondary N) is 1. The van der Waals surface area contributed by atoms with Crippen LogP contribution in [0.3, 0.4) is 0 Å². The number of rotatable bonds is 7. The van der Waals surface area contributed by atoms with E-state index >= 15 is 0 Å². The largest absolute Gasteiger partial charge is 0.437 e. The van der Waals surface area contributed by atoms with Gasteiger partial charge in [0.15, 0.2) is 5.65 Å². The smallest absolute Gasteiger partial charge is 0.417 e. The lowest BCUT2D eigenvalue weighted by molar-refractivity contribution is -0.138. The van der Waals surface area contributed by atoms with Crippen molar-refractivity contribution in [2.75, 3.05) is 11.9 Å². The van der Waals surface area contributed by atoms with Gasteiger partial charge in [-0.15, -0.1) is 0 Å². The molecular formula is C23H20F3N7O. The maximum Gasteiger partial charge on any atom is 0.417 e. The van der Waals surface area contributed by atoms with Crippen LogP contribution in [0.5, 0.6) is 11.6 Å². The Labute approximate surface area is 193 Å².